The van der Waals surface area contributed by atoms with Crippen LogP contribution in [-0.4, -0.2) is 29.0 Å². The minimum atomic E-state index is 0.126. The summed E-state index contributed by atoms with van der Waals surface area (Å²) in [5.41, 5.74) is 0.804. The molecule has 0 saturated carbocycles. The molecule has 0 unspecified atom stereocenters. The number of aromatic nitrogens is 1. The van der Waals surface area contributed by atoms with Gasteiger partial charge in [0.25, 0.3) is 5.91 Å². The normalized spacial score (nSPS) is 16.8. The highest BCUT2D eigenvalue weighted by molar-refractivity contribution is 5.93. The Morgan fingerprint density at radius 2 is 2.27 bits per heavy atom. The van der Waals surface area contributed by atoms with Gasteiger partial charge in [-0.3, -0.25) is 4.79 Å². The van der Waals surface area contributed by atoms with Crippen LogP contribution in [0, 0.1) is 0 Å². The van der Waals surface area contributed by atoms with Crippen LogP contribution >= 0.6 is 0 Å². The third kappa shape index (κ3) is 0.843. The Morgan fingerprint density at radius 1 is 1.45 bits per heavy atom. The van der Waals surface area contributed by atoms with Gasteiger partial charge in [-0.05, 0) is 12.1 Å². The number of carbonyl (C=O) groups excluding carboxylic acids is 1. The number of carbonyl (C=O) groups is 1. The molecule has 0 aliphatic carbocycles. The second-order valence-electron chi connectivity index (χ2n) is 2.81. The lowest BCUT2D eigenvalue weighted by Crippen LogP contribution is -2.36. The molecule has 0 radical (unpaired) electrons. The second kappa shape index (κ2) is 2.12. The van der Waals surface area contributed by atoms with Crippen LogP contribution < -0.4 is 0 Å². The molecule has 0 saturated heterocycles. The molecule has 3 heteroatoms. The molecule has 1 aliphatic rings. The molecule has 1 aromatic rings. The first-order valence-electron chi connectivity index (χ1n) is 3.69. The number of rotatable bonds is 0. The first-order valence-corrected chi connectivity index (χ1v) is 3.69. The van der Waals surface area contributed by atoms with Crippen LogP contribution in [0.5, 0.6) is 0 Å². The Balaban J connectivity index is 2.46. The van der Waals surface area contributed by atoms with Gasteiger partial charge in [-0.15, -0.1) is 0 Å². The number of hydrogen-bond acceptors (Lipinski definition) is 1. The van der Waals surface area contributed by atoms with Gasteiger partial charge in [0, 0.05) is 26.3 Å². The molecule has 1 amide bonds. The maximum absolute atomic E-state index is 11.4. The summed E-state index contributed by atoms with van der Waals surface area (Å²) in [4.78, 5) is 13.1. The van der Waals surface area contributed by atoms with E-state index in [4.69, 9.17) is 0 Å². The molecular formula is C8H10N2O. The average Bonchev–Trinajstić information content (AvgIpc) is 2.45. The van der Waals surface area contributed by atoms with Crippen molar-refractivity contribution in [1.82, 2.24) is 9.47 Å². The Hall–Kier alpha value is -1.25. The van der Waals surface area contributed by atoms with Crippen LogP contribution in [0.4, 0.5) is 0 Å². The fourth-order valence-electron chi connectivity index (χ4n) is 1.36. The van der Waals surface area contributed by atoms with Gasteiger partial charge in [-0.25, -0.2) is 0 Å². The quantitative estimate of drug-likeness (QED) is 0.531. The largest absolute Gasteiger partial charge is 0.342 e. The molecule has 0 bridgehead atoms. The lowest BCUT2D eigenvalue weighted by Gasteiger charge is -2.24. The van der Waals surface area contributed by atoms with Gasteiger partial charge in [-0.2, -0.15) is 0 Å². The molecule has 0 spiro atoms. The summed E-state index contributed by atoms with van der Waals surface area (Å²) in [5, 5.41) is 0. The zero-order chi connectivity index (χ0) is 7.84. The van der Waals surface area contributed by atoms with Crippen molar-refractivity contribution in [3.05, 3.63) is 24.0 Å². The van der Waals surface area contributed by atoms with Crippen molar-refractivity contribution in [2.45, 2.75) is 6.54 Å². The molecular weight excluding hydrogens is 140 g/mol. The molecule has 0 atom stereocenters. The molecule has 1 aliphatic heterocycles. The summed E-state index contributed by atoms with van der Waals surface area (Å²) in [7, 11) is 1.83. The Kier molecular flexibility index (Phi) is 1.24. The Morgan fingerprint density at radius 3 is 3.09 bits per heavy atom. The standard InChI is InChI=1S/C8H10N2O/c1-9-5-6-10-4-2-3-7(10)8(9)11/h2-4H,5-6H2,1H3. The van der Waals surface area contributed by atoms with Gasteiger partial charge in [-0.1, -0.05) is 0 Å². The molecule has 58 valence electrons. The fraction of sp³-hybridized carbons (Fsp3) is 0.375. The third-order valence-electron chi connectivity index (χ3n) is 2.07. The molecule has 3 nitrogen and oxygen atoms in total. The number of nitrogens with zero attached hydrogens (tertiary/aromatic N) is 2. The van der Waals surface area contributed by atoms with E-state index in [9.17, 15) is 4.79 Å². The summed E-state index contributed by atoms with van der Waals surface area (Å²) in [6, 6.07) is 3.77. The van der Waals surface area contributed by atoms with E-state index in [1.807, 2.05) is 29.9 Å². The van der Waals surface area contributed by atoms with E-state index in [0.29, 0.717) is 0 Å². The first-order chi connectivity index (χ1) is 5.29. The Bertz CT molecular complexity index is 290. The van der Waals surface area contributed by atoms with Crippen LogP contribution in [0.2, 0.25) is 0 Å². The molecule has 2 rings (SSSR count). The van der Waals surface area contributed by atoms with Crippen molar-refractivity contribution < 1.29 is 4.79 Å². The zero-order valence-corrected chi connectivity index (χ0v) is 6.45. The van der Waals surface area contributed by atoms with Gasteiger partial charge in [0.1, 0.15) is 5.69 Å². The van der Waals surface area contributed by atoms with Gasteiger partial charge < -0.3 is 9.47 Å². The van der Waals surface area contributed by atoms with E-state index < -0.39 is 0 Å². The van der Waals surface area contributed by atoms with Crippen molar-refractivity contribution >= 4 is 5.91 Å². The van der Waals surface area contributed by atoms with Gasteiger partial charge >= 0.3 is 0 Å². The summed E-state index contributed by atoms with van der Waals surface area (Å²) < 4.78 is 1.99. The van der Waals surface area contributed by atoms with Crippen LogP contribution in [0.1, 0.15) is 10.5 Å². The summed E-state index contributed by atoms with van der Waals surface area (Å²) in [5.74, 6) is 0.126. The first kappa shape index (κ1) is 6.46. The Labute approximate surface area is 65.2 Å². The molecule has 0 aromatic carbocycles. The number of hydrogen-bond donors (Lipinski definition) is 0. The molecule has 1 aromatic heterocycles. The topological polar surface area (TPSA) is 25.2 Å². The summed E-state index contributed by atoms with van der Waals surface area (Å²) in [6.07, 6.45) is 1.94. The fourth-order valence-corrected chi connectivity index (χ4v) is 1.36. The predicted molar refractivity (Wildman–Crippen MR) is 41.4 cm³/mol. The summed E-state index contributed by atoms with van der Waals surface area (Å²) in [6.45, 7) is 1.74. The van der Waals surface area contributed by atoms with Gasteiger partial charge in [0.2, 0.25) is 0 Å². The highest BCUT2D eigenvalue weighted by Crippen LogP contribution is 2.10. The minimum Gasteiger partial charge on any atom is -0.342 e. The van der Waals surface area contributed by atoms with E-state index in [1.54, 1.807) is 4.90 Å². The van der Waals surface area contributed by atoms with Crippen molar-refractivity contribution in [3.63, 3.8) is 0 Å². The average molecular weight is 150 g/mol. The molecule has 0 fully saturated rings. The summed E-state index contributed by atoms with van der Waals surface area (Å²) >= 11 is 0. The van der Waals surface area contributed by atoms with Gasteiger partial charge in [0.15, 0.2) is 0 Å². The van der Waals surface area contributed by atoms with E-state index in [0.717, 1.165) is 18.8 Å². The highest BCUT2D eigenvalue weighted by atomic mass is 16.2. The monoisotopic (exact) mass is 150 g/mol. The maximum atomic E-state index is 11.4. The number of amides is 1. The molecule has 2 heterocycles. The van der Waals surface area contributed by atoms with Crippen LogP contribution in [0.3, 0.4) is 0 Å². The van der Waals surface area contributed by atoms with Crippen LogP contribution in [0.15, 0.2) is 18.3 Å². The van der Waals surface area contributed by atoms with E-state index >= 15 is 0 Å². The number of fused-ring (bicyclic) bond motifs is 1. The number of likely N-dealkylation sites (N-methyl/N-ethyl adjacent to an activating group) is 1. The van der Waals surface area contributed by atoms with E-state index in [-0.39, 0.29) is 5.91 Å². The van der Waals surface area contributed by atoms with Crippen LogP contribution in [-0.2, 0) is 6.54 Å². The smallest absolute Gasteiger partial charge is 0.270 e. The van der Waals surface area contributed by atoms with Crippen molar-refractivity contribution in [3.8, 4) is 0 Å². The SMILES string of the molecule is CN1CCn2cccc2C1=O. The highest BCUT2D eigenvalue weighted by Gasteiger charge is 2.19. The zero-order valence-electron chi connectivity index (χ0n) is 6.45. The van der Waals surface area contributed by atoms with E-state index in [1.165, 1.54) is 0 Å². The van der Waals surface area contributed by atoms with Crippen molar-refractivity contribution in [1.29, 1.82) is 0 Å². The molecule has 11 heavy (non-hydrogen) atoms. The van der Waals surface area contributed by atoms with E-state index in [2.05, 4.69) is 0 Å². The lowest BCUT2D eigenvalue weighted by molar-refractivity contribution is 0.0749. The molecule has 0 N–H and O–H groups in total. The maximum Gasteiger partial charge on any atom is 0.270 e. The lowest BCUT2D eigenvalue weighted by atomic mass is 10.3. The predicted octanol–water partition coefficient (Wildman–Crippen LogP) is 0.574. The second-order valence-corrected chi connectivity index (χ2v) is 2.81. The van der Waals surface area contributed by atoms with Crippen LogP contribution in [0.25, 0.3) is 0 Å². The van der Waals surface area contributed by atoms with Crippen molar-refractivity contribution in [2.75, 3.05) is 13.6 Å². The van der Waals surface area contributed by atoms with Gasteiger partial charge in [0.05, 0.1) is 0 Å². The minimum absolute atomic E-state index is 0.126. The van der Waals surface area contributed by atoms with Crippen molar-refractivity contribution in [2.24, 2.45) is 0 Å². The third-order valence-corrected chi connectivity index (χ3v) is 2.07.